The largest absolute Gasteiger partial charge is 0.233 e. The smallest absolute Gasteiger partial charge is 0.123 e. The van der Waals surface area contributed by atoms with Crippen molar-refractivity contribution in [2.45, 2.75) is 54.6 Å². The quantitative estimate of drug-likeness (QED) is 0.626. The predicted molar refractivity (Wildman–Crippen MR) is 109 cm³/mol. The fourth-order valence-corrected chi connectivity index (χ4v) is 9.21. The summed E-state index contributed by atoms with van der Waals surface area (Å²) in [4.78, 5) is 0. The van der Waals surface area contributed by atoms with Gasteiger partial charge >= 0.3 is 0 Å². The number of nitrogens with zero attached hydrogens (tertiary/aromatic N) is 2. The van der Waals surface area contributed by atoms with Gasteiger partial charge < -0.3 is 0 Å². The molecule has 5 rings (SSSR count). The standard InChI is InChI=1S/C21H23FN2S2/c1-13-14(2)26-21(25-13)9-8-16-10-19-15(11-20(16,21)3)12-23-24(19)18-6-4-17(22)5-7-18/h4-7,10,12-14H,8-9,11H2,1-3H3/t13-,14+,20-,21-/m0/s1. The number of halogens is 1. The Labute approximate surface area is 162 Å². The van der Waals surface area contributed by atoms with Crippen LogP contribution in [0.2, 0.25) is 0 Å². The molecule has 0 bridgehead atoms. The molecular formula is C21H23FN2S2. The van der Waals surface area contributed by atoms with Crippen molar-refractivity contribution < 1.29 is 4.39 Å². The van der Waals surface area contributed by atoms with Crippen LogP contribution < -0.4 is 0 Å². The van der Waals surface area contributed by atoms with Gasteiger partial charge in [0.25, 0.3) is 0 Å². The van der Waals surface area contributed by atoms with E-state index in [4.69, 9.17) is 0 Å². The normalized spacial score (nSPS) is 35.5. The van der Waals surface area contributed by atoms with Gasteiger partial charge in [0.2, 0.25) is 0 Å². The Kier molecular flexibility index (Phi) is 3.68. The highest BCUT2D eigenvalue weighted by molar-refractivity contribution is 8.22. The maximum atomic E-state index is 13.3. The van der Waals surface area contributed by atoms with E-state index in [2.05, 4.69) is 55.5 Å². The molecule has 1 spiro atoms. The summed E-state index contributed by atoms with van der Waals surface area (Å²) in [6.07, 6.45) is 7.87. The lowest BCUT2D eigenvalue weighted by atomic mass is 9.74. The summed E-state index contributed by atoms with van der Waals surface area (Å²) in [6, 6.07) is 6.61. The zero-order valence-electron chi connectivity index (χ0n) is 15.3. The number of benzene rings is 1. The number of aromatic nitrogens is 2. The molecule has 2 fully saturated rings. The first kappa shape index (κ1) is 16.9. The van der Waals surface area contributed by atoms with Gasteiger partial charge in [0.05, 0.1) is 21.7 Å². The third kappa shape index (κ3) is 2.22. The van der Waals surface area contributed by atoms with Crippen LogP contribution in [-0.2, 0) is 6.42 Å². The third-order valence-electron chi connectivity index (χ3n) is 6.50. The average Bonchev–Trinajstić information content (AvgIpc) is 3.22. The molecule has 26 heavy (non-hydrogen) atoms. The Balaban J connectivity index is 1.57. The van der Waals surface area contributed by atoms with E-state index in [0.717, 1.165) is 12.1 Å². The SMILES string of the molecule is C[C@@H]1S[C@@]2(CCC3=Cc4c(cnn4-c4ccc(F)cc4)C[C@@]32C)S[C@@H]1C. The van der Waals surface area contributed by atoms with Gasteiger partial charge in [0, 0.05) is 15.9 Å². The summed E-state index contributed by atoms with van der Waals surface area (Å²) in [6.45, 7) is 7.22. The molecule has 0 N–H and O–H groups in total. The number of hydrogen-bond donors (Lipinski definition) is 0. The number of fused-ring (bicyclic) bond motifs is 3. The van der Waals surface area contributed by atoms with Crippen LogP contribution in [0.25, 0.3) is 11.8 Å². The Morgan fingerprint density at radius 1 is 1.15 bits per heavy atom. The van der Waals surface area contributed by atoms with Crippen LogP contribution in [0.1, 0.15) is 44.9 Å². The Morgan fingerprint density at radius 3 is 2.54 bits per heavy atom. The van der Waals surface area contributed by atoms with Crippen LogP contribution in [0.5, 0.6) is 0 Å². The van der Waals surface area contributed by atoms with E-state index < -0.39 is 0 Å². The molecule has 1 saturated heterocycles. The fraction of sp³-hybridized carbons (Fsp3) is 0.476. The molecule has 136 valence electrons. The van der Waals surface area contributed by atoms with Gasteiger partial charge in [-0.3, -0.25) is 0 Å². The zero-order chi connectivity index (χ0) is 18.1. The lowest BCUT2D eigenvalue weighted by Gasteiger charge is -2.42. The van der Waals surface area contributed by atoms with Crippen molar-refractivity contribution >= 4 is 29.6 Å². The van der Waals surface area contributed by atoms with E-state index in [1.807, 2.05) is 10.9 Å². The molecule has 2 aromatic rings. The van der Waals surface area contributed by atoms with Crippen molar-refractivity contribution in [3.05, 3.63) is 53.1 Å². The van der Waals surface area contributed by atoms with Crippen molar-refractivity contribution in [1.29, 1.82) is 0 Å². The lowest BCUT2D eigenvalue weighted by Crippen LogP contribution is -2.38. The molecule has 1 aromatic heterocycles. The van der Waals surface area contributed by atoms with Crippen molar-refractivity contribution in [2.75, 3.05) is 0 Å². The molecule has 5 heteroatoms. The van der Waals surface area contributed by atoms with Crippen LogP contribution >= 0.6 is 23.5 Å². The molecule has 0 unspecified atom stereocenters. The number of rotatable bonds is 1. The molecular weight excluding hydrogens is 363 g/mol. The van der Waals surface area contributed by atoms with Gasteiger partial charge in [0.15, 0.2) is 0 Å². The maximum Gasteiger partial charge on any atom is 0.123 e. The molecule has 2 aliphatic carbocycles. The third-order valence-corrected chi connectivity index (χ3v) is 10.9. The van der Waals surface area contributed by atoms with Crippen molar-refractivity contribution in [3.8, 4) is 5.69 Å². The van der Waals surface area contributed by atoms with Gasteiger partial charge in [-0.2, -0.15) is 5.10 Å². The van der Waals surface area contributed by atoms with Crippen molar-refractivity contribution in [2.24, 2.45) is 5.41 Å². The Bertz CT molecular complexity index is 891. The van der Waals surface area contributed by atoms with Gasteiger partial charge in [0.1, 0.15) is 5.82 Å². The Hall–Kier alpha value is -1.20. The molecule has 0 radical (unpaired) electrons. The predicted octanol–water partition coefficient (Wildman–Crippen LogP) is 5.70. The summed E-state index contributed by atoms with van der Waals surface area (Å²) >= 11 is 4.40. The zero-order valence-corrected chi connectivity index (χ0v) is 17.0. The van der Waals surface area contributed by atoms with E-state index in [1.165, 1.54) is 36.2 Å². The maximum absolute atomic E-state index is 13.3. The molecule has 2 heterocycles. The minimum Gasteiger partial charge on any atom is -0.233 e. The summed E-state index contributed by atoms with van der Waals surface area (Å²) in [7, 11) is 0. The average molecular weight is 387 g/mol. The highest BCUT2D eigenvalue weighted by Gasteiger charge is 2.60. The van der Waals surface area contributed by atoms with E-state index in [1.54, 1.807) is 17.7 Å². The highest BCUT2D eigenvalue weighted by atomic mass is 32.2. The summed E-state index contributed by atoms with van der Waals surface area (Å²) in [5.41, 5.74) is 5.18. The topological polar surface area (TPSA) is 17.8 Å². The summed E-state index contributed by atoms with van der Waals surface area (Å²) in [5, 5.41) is 6.05. The van der Waals surface area contributed by atoms with Crippen LogP contribution in [-0.4, -0.2) is 24.4 Å². The highest BCUT2D eigenvalue weighted by Crippen LogP contribution is 2.70. The van der Waals surface area contributed by atoms with Gasteiger partial charge in [-0.05, 0) is 55.2 Å². The number of hydrogen-bond acceptors (Lipinski definition) is 3. The van der Waals surface area contributed by atoms with Crippen LogP contribution in [0, 0.1) is 11.2 Å². The lowest BCUT2D eigenvalue weighted by molar-refractivity contribution is 0.394. The summed E-state index contributed by atoms with van der Waals surface area (Å²) < 4.78 is 15.5. The molecule has 1 saturated carbocycles. The second-order valence-corrected chi connectivity index (χ2v) is 11.6. The molecule has 0 amide bonds. The van der Waals surface area contributed by atoms with Crippen LogP contribution in [0.15, 0.2) is 36.0 Å². The minimum atomic E-state index is -0.211. The molecule has 1 aromatic carbocycles. The van der Waals surface area contributed by atoms with Gasteiger partial charge in [-0.1, -0.05) is 26.3 Å². The van der Waals surface area contributed by atoms with E-state index >= 15 is 0 Å². The van der Waals surface area contributed by atoms with Gasteiger partial charge in [-0.15, -0.1) is 23.5 Å². The van der Waals surface area contributed by atoms with Crippen molar-refractivity contribution in [1.82, 2.24) is 9.78 Å². The monoisotopic (exact) mass is 386 g/mol. The van der Waals surface area contributed by atoms with E-state index in [9.17, 15) is 4.39 Å². The first-order chi connectivity index (χ1) is 12.4. The van der Waals surface area contributed by atoms with Crippen molar-refractivity contribution in [3.63, 3.8) is 0 Å². The van der Waals surface area contributed by atoms with E-state index in [-0.39, 0.29) is 11.2 Å². The fourth-order valence-electron chi connectivity index (χ4n) is 4.79. The number of thioether (sulfide) groups is 2. The minimum absolute atomic E-state index is 0.199. The Morgan fingerprint density at radius 2 is 1.85 bits per heavy atom. The second kappa shape index (κ2) is 5.65. The van der Waals surface area contributed by atoms with Gasteiger partial charge in [-0.25, -0.2) is 9.07 Å². The second-order valence-electron chi connectivity index (χ2n) is 8.02. The molecule has 1 aliphatic heterocycles. The number of allylic oxidation sites excluding steroid dienone is 1. The molecule has 4 atom stereocenters. The van der Waals surface area contributed by atoms with Crippen LogP contribution in [0.4, 0.5) is 4.39 Å². The van der Waals surface area contributed by atoms with E-state index in [0.29, 0.717) is 14.6 Å². The van der Waals surface area contributed by atoms with Crippen LogP contribution in [0.3, 0.4) is 0 Å². The summed E-state index contributed by atoms with van der Waals surface area (Å²) in [5.74, 6) is -0.211. The first-order valence-corrected chi connectivity index (χ1v) is 11.1. The molecule has 3 aliphatic rings. The molecule has 2 nitrogen and oxygen atoms in total. The first-order valence-electron chi connectivity index (χ1n) is 9.31.